The van der Waals surface area contributed by atoms with Crippen LogP contribution in [0.5, 0.6) is 0 Å². The van der Waals surface area contributed by atoms with Crippen molar-refractivity contribution < 1.29 is 9.53 Å². The summed E-state index contributed by atoms with van der Waals surface area (Å²) >= 11 is 0. The molecule has 0 spiro atoms. The average Bonchev–Trinajstić information content (AvgIpc) is 3.17. The number of ether oxygens (including phenoxy) is 1. The molecule has 3 rings (SSSR count). The monoisotopic (exact) mass is 335 g/mol. The second-order valence-electron chi connectivity index (χ2n) is 7.04. The Morgan fingerprint density at radius 1 is 1.29 bits per heavy atom. The van der Waals surface area contributed by atoms with E-state index in [1.54, 1.807) is 0 Å². The van der Waals surface area contributed by atoms with Gasteiger partial charge >= 0.3 is 6.03 Å². The molecule has 2 amide bonds. The molecule has 134 valence electrons. The molecular formula is C17H29N5O2. The summed E-state index contributed by atoms with van der Waals surface area (Å²) in [6.45, 7) is 9.44. The second-order valence-corrected chi connectivity index (χ2v) is 7.04. The zero-order chi connectivity index (χ0) is 17.1. The number of likely N-dealkylation sites (tertiary alicyclic amines) is 1. The number of hydrogen-bond donors (Lipinski definition) is 1. The van der Waals surface area contributed by atoms with E-state index in [1.165, 1.54) is 0 Å². The summed E-state index contributed by atoms with van der Waals surface area (Å²) in [5, 5.41) is 11.8. The summed E-state index contributed by atoms with van der Waals surface area (Å²) < 4.78 is 7.83. The van der Waals surface area contributed by atoms with Crippen molar-refractivity contribution in [2.24, 2.45) is 5.92 Å². The normalized spacial score (nSPS) is 19.6. The minimum atomic E-state index is -0.0959. The van der Waals surface area contributed by atoms with E-state index in [2.05, 4.69) is 33.9 Å². The summed E-state index contributed by atoms with van der Waals surface area (Å²) in [6, 6.07) is -0.0968. The number of fused-ring (bicyclic) bond motifs is 1. The number of hydrogen-bond acceptors (Lipinski definition) is 4. The van der Waals surface area contributed by atoms with Gasteiger partial charge in [-0.2, -0.15) is 0 Å². The largest absolute Gasteiger partial charge is 0.378 e. The Balaban J connectivity index is 1.63. The third kappa shape index (κ3) is 3.55. The van der Waals surface area contributed by atoms with Gasteiger partial charge in [0.25, 0.3) is 0 Å². The first-order valence-electron chi connectivity index (χ1n) is 9.19. The predicted octanol–water partition coefficient (Wildman–Crippen LogP) is 2.13. The number of nitrogens with one attached hydrogen (secondary N) is 1. The van der Waals surface area contributed by atoms with Crippen LogP contribution < -0.4 is 5.32 Å². The number of rotatable bonds is 5. The molecule has 1 fully saturated rings. The number of nitrogens with zero attached hydrogens (tertiary/aromatic N) is 4. The van der Waals surface area contributed by atoms with E-state index in [4.69, 9.17) is 4.74 Å². The van der Waals surface area contributed by atoms with Gasteiger partial charge in [0.05, 0.1) is 12.1 Å². The van der Waals surface area contributed by atoms with Crippen molar-refractivity contribution in [2.45, 2.75) is 65.1 Å². The van der Waals surface area contributed by atoms with E-state index in [9.17, 15) is 4.79 Å². The Hall–Kier alpha value is -1.63. The Bertz CT molecular complexity index is 563. The van der Waals surface area contributed by atoms with Crippen molar-refractivity contribution >= 4 is 6.03 Å². The minimum Gasteiger partial charge on any atom is -0.378 e. The Labute approximate surface area is 143 Å². The molecule has 7 heteroatoms. The van der Waals surface area contributed by atoms with Crippen molar-refractivity contribution in [3.8, 4) is 0 Å². The van der Waals surface area contributed by atoms with Gasteiger partial charge in [-0.1, -0.05) is 13.8 Å². The van der Waals surface area contributed by atoms with E-state index in [0.29, 0.717) is 6.10 Å². The lowest BCUT2D eigenvalue weighted by atomic mass is 10.0. The minimum absolute atomic E-state index is 0.000930. The van der Waals surface area contributed by atoms with Gasteiger partial charge in [0.1, 0.15) is 5.82 Å². The number of aromatic nitrogens is 3. The average molecular weight is 335 g/mol. The van der Waals surface area contributed by atoms with Crippen molar-refractivity contribution in [3.05, 3.63) is 11.6 Å². The summed E-state index contributed by atoms with van der Waals surface area (Å²) in [5.41, 5.74) is 0. The molecule has 1 atom stereocenters. The van der Waals surface area contributed by atoms with Crippen molar-refractivity contribution in [2.75, 3.05) is 19.7 Å². The van der Waals surface area contributed by atoms with Crippen molar-refractivity contribution in [3.63, 3.8) is 0 Å². The van der Waals surface area contributed by atoms with Crippen LogP contribution in [-0.2, 0) is 17.7 Å². The van der Waals surface area contributed by atoms with Crippen LogP contribution in [-0.4, -0.2) is 51.5 Å². The quantitative estimate of drug-likeness (QED) is 0.895. The van der Waals surface area contributed by atoms with Crippen molar-refractivity contribution in [1.82, 2.24) is 25.0 Å². The molecule has 24 heavy (non-hydrogen) atoms. The molecule has 1 N–H and O–H groups in total. The fraction of sp³-hybridized carbons (Fsp3) is 0.824. The van der Waals surface area contributed by atoms with E-state index in [1.807, 2.05) is 11.8 Å². The van der Waals surface area contributed by atoms with E-state index >= 15 is 0 Å². The first kappa shape index (κ1) is 17.2. The Morgan fingerprint density at radius 3 is 2.71 bits per heavy atom. The molecular weight excluding hydrogens is 306 g/mol. The number of carbonyl (C=O) groups is 1. The zero-order valence-corrected chi connectivity index (χ0v) is 15.0. The molecule has 3 heterocycles. The lowest BCUT2D eigenvalue weighted by molar-refractivity contribution is 0.0216. The first-order chi connectivity index (χ1) is 11.6. The lowest BCUT2D eigenvalue weighted by Crippen LogP contribution is -2.48. The van der Waals surface area contributed by atoms with Crippen LogP contribution in [0.25, 0.3) is 0 Å². The van der Waals surface area contributed by atoms with Gasteiger partial charge in [-0.3, -0.25) is 0 Å². The fourth-order valence-electron chi connectivity index (χ4n) is 3.62. The maximum atomic E-state index is 12.7. The number of piperidine rings is 1. The third-order valence-corrected chi connectivity index (χ3v) is 4.99. The van der Waals surface area contributed by atoms with Crippen LogP contribution in [0, 0.1) is 5.92 Å². The van der Waals surface area contributed by atoms with E-state index in [0.717, 1.165) is 63.6 Å². The van der Waals surface area contributed by atoms with Crippen LogP contribution in [0.1, 0.15) is 57.7 Å². The summed E-state index contributed by atoms with van der Waals surface area (Å²) in [6.07, 6.45) is 4.21. The highest BCUT2D eigenvalue weighted by Gasteiger charge is 2.30. The summed E-state index contributed by atoms with van der Waals surface area (Å²) in [5.74, 6) is 2.21. The molecule has 2 aliphatic heterocycles. The van der Waals surface area contributed by atoms with Gasteiger partial charge in [0.15, 0.2) is 5.82 Å². The molecule has 7 nitrogen and oxygen atoms in total. The van der Waals surface area contributed by atoms with Gasteiger partial charge in [-0.15, -0.1) is 10.2 Å². The van der Waals surface area contributed by atoms with Crippen LogP contribution in [0.4, 0.5) is 4.79 Å². The molecule has 0 saturated carbocycles. The zero-order valence-electron chi connectivity index (χ0n) is 15.0. The summed E-state index contributed by atoms with van der Waals surface area (Å²) in [4.78, 5) is 14.6. The van der Waals surface area contributed by atoms with Crippen LogP contribution >= 0.6 is 0 Å². The standard InChI is InChI=1S/C17H29N5O2/c1-4-24-13-7-10-21(11-8-13)17(23)18-15(12(2)3)16-20-19-14-6-5-9-22(14)16/h12-13,15H,4-11H2,1-3H3,(H,18,23). The highest BCUT2D eigenvalue weighted by Crippen LogP contribution is 2.25. The number of amides is 2. The Kier molecular flexibility index (Phi) is 5.38. The predicted molar refractivity (Wildman–Crippen MR) is 90.7 cm³/mol. The number of carbonyl (C=O) groups excluding carboxylic acids is 1. The van der Waals surface area contributed by atoms with Gasteiger partial charge in [-0.05, 0) is 32.1 Å². The van der Waals surface area contributed by atoms with Gasteiger partial charge in [0.2, 0.25) is 0 Å². The second kappa shape index (κ2) is 7.51. The Morgan fingerprint density at radius 2 is 2.04 bits per heavy atom. The molecule has 1 saturated heterocycles. The van der Waals surface area contributed by atoms with E-state index < -0.39 is 0 Å². The SMILES string of the molecule is CCOC1CCN(C(=O)NC(c2nnc3n2CCC3)C(C)C)CC1. The molecule has 0 aromatic carbocycles. The molecule has 1 aromatic heterocycles. The third-order valence-electron chi connectivity index (χ3n) is 4.99. The van der Waals surface area contributed by atoms with Gasteiger partial charge in [0, 0.05) is 32.7 Å². The highest BCUT2D eigenvalue weighted by molar-refractivity contribution is 5.74. The van der Waals surface area contributed by atoms with Gasteiger partial charge < -0.3 is 19.5 Å². The fourth-order valence-corrected chi connectivity index (χ4v) is 3.62. The van der Waals surface area contributed by atoms with Crippen molar-refractivity contribution in [1.29, 1.82) is 0 Å². The van der Waals surface area contributed by atoms with Crippen LogP contribution in [0.15, 0.2) is 0 Å². The number of aryl methyl sites for hydroxylation is 1. The lowest BCUT2D eigenvalue weighted by Gasteiger charge is -2.33. The van der Waals surface area contributed by atoms with Gasteiger partial charge in [-0.25, -0.2) is 4.79 Å². The highest BCUT2D eigenvalue weighted by atomic mass is 16.5. The smallest absolute Gasteiger partial charge is 0.317 e. The molecule has 1 aromatic rings. The topological polar surface area (TPSA) is 72.3 Å². The van der Waals surface area contributed by atoms with E-state index in [-0.39, 0.29) is 18.0 Å². The van der Waals surface area contributed by atoms with Crippen LogP contribution in [0.2, 0.25) is 0 Å². The first-order valence-corrected chi connectivity index (χ1v) is 9.19. The maximum absolute atomic E-state index is 12.7. The summed E-state index contributed by atoms with van der Waals surface area (Å²) in [7, 11) is 0. The molecule has 0 radical (unpaired) electrons. The number of urea groups is 1. The maximum Gasteiger partial charge on any atom is 0.317 e. The van der Waals surface area contributed by atoms with Crippen LogP contribution in [0.3, 0.4) is 0 Å². The molecule has 2 aliphatic rings. The molecule has 0 bridgehead atoms. The molecule has 1 unspecified atom stereocenters. The molecule has 0 aliphatic carbocycles.